The van der Waals surface area contributed by atoms with E-state index in [4.69, 9.17) is 0 Å². The summed E-state index contributed by atoms with van der Waals surface area (Å²) in [5.41, 5.74) is 3.12. The summed E-state index contributed by atoms with van der Waals surface area (Å²) in [7, 11) is 0. The summed E-state index contributed by atoms with van der Waals surface area (Å²) in [4.78, 5) is 0. The zero-order chi connectivity index (χ0) is 9.26. The summed E-state index contributed by atoms with van der Waals surface area (Å²) < 4.78 is 3.59. The molecule has 0 saturated heterocycles. The SMILES string of the molecule is CC1=[C]([Zn][C]2=C(C)C=CC2)CC=C1. The van der Waals surface area contributed by atoms with Crippen molar-refractivity contribution in [2.75, 3.05) is 0 Å². The zero-order valence-electron chi connectivity index (χ0n) is 8.43. The molecule has 0 aromatic rings. The fourth-order valence-electron chi connectivity index (χ4n) is 1.99. The monoisotopic (exact) mass is 222 g/mol. The molecular formula is C12H14Zn. The maximum atomic E-state index is 2.31. The van der Waals surface area contributed by atoms with Gasteiger partial charge >= 0.3 is 87.6 Å². The molecule has 0 bridgehead atoms. The molecule has 64 valence electrons. The Bertz CT molecular complexity index is 306. The first-order valence-corrected chi connectivity index (χ1v) is 7.94. The zero-order valence-corrected chi connectivity index (χ0v) is 11.4. The van der Waals surface area contributed by atoms with E-state index in [0.29, 0.717) is 0 Å². The molecule has 0 spiro atoms. The molecule has 1 heteroatoms. The number of hydrogen-bond acceptors (Lipinski definition) is 0. The Hall–Kier alpha value is -0.417. The Morgan fingerprint density at radius 1 is 0.923 bits per heavy atom. The quantitative estimate of drug-likeness (QED) is 0.629. The van der Waals surface area contributed by atoms with Crippen LogP contribution >= 0.6 is 0 Å². The van der Waals surface area contributed by atoms with Gasteiger partial charge in [0, 0.05) is 0 Å². The van der Waals surface area contributed by atoms with Gasteiger partial charge in [0.2, 0.25) is 0 Å². The molecule has 2 aliphatic carbocycles. The Labute approximate surface area is 87.7 Å². The average molecular weight is 224 g/mol. The van der Waals surface area contributed by atoms with Gasteiger partial charge in [0.15, 0.2) is 0 Å². The summed E-state index contributed by atoms with van der Waals surface area (Å²) in [6.07, 6.45) is 11.7. The molecule has 0 aliphatic heterocycles. The van der Waals surface area contributed by atoms with Crippen LogP contribution in [0, 0.1) is 0 Å². The summed E-state index contributed by atoms with van der Waals surface area (Å²) in [6.45, 7) is 4.53. The van der Waals surface area contributed by atoms with Gasteiger partial charge in [-0.25, -0.2) is 0 Å². The summed E-state index contributed by atoms with van der Waals surface area (Å²) >= 11 is -0.547. The minimum absolute atomic E-state index is 0.547. The van der Waals surface area contributed by atoms with Crippen LogP contribution in [0.1, 0.15) is 26.7 Å². The van der Waals surface area contributed by atoms with E-state index >= 15 is 0 Å². The van der Waals surface area contributed by atoms with Crippen molar-refractivity contribution in [2.45, 2.75) is 26.7 Å². The van der Waals surface area contributed by atoms with E-state index in [2.05, 4.69) is 38.2 Å². The minimum atomic E-state index is -0.547. The van der Waals surface area contributed by atoms with Gasteiger partial charge in [0.1, 0.15) is 0 Å². The molecule has 0 atom stereocenters. The molecule has 0 unspecified atom stereocenters. The van der Waals surface area contributed by atoms with E-state index < -0.39 is 17.1 Å². The molecule has 0 radical (unpaired) electrons. The molecule has 0 heterocycles. The molecule has 0 fully saturated rings. The molecule has 0 amide bonds. The van der Waals surface area contributed by atoms with E-state index in [1.165, 1.54) is 12.8 Å². The predicted octanol–water partition coefficient (Wildman–Crippen LogP) is 3.54. The fraction of sp³-hybridized carbons (Fsp3) is 0.333. The third-order valence-corrected chi connectivity index (χ3v) is 8.35. The number of hydrogen-bond donors (Lipinski definition) is 0. The van der Waals surface area contributed by atoms with Gasteiger partial charge in [0.25, 0.3) is 0 Å². The Balaban J connectivity index is 2.08. The van der Waals surface area contributed by atoms with Crippen molar-refractivity contribution in [1.29, 1.82) is 0 Å². The van der Waals surface area contributed by atoms with Gasteiger partial charge < -0.3 is 0 Å². The third-order valence-electron chi connectivity index (χ3n) is 3.01. The van der Waals surface area contributed by atoms with E-state index in [1.807, 2.05) is 0 Å². The third kappa shape index (κ3) is 1.91. The van der Waals surface area contributed by atoms with Crippen LogP contribution in [0.25, 0.3) is 0 Å². The standard InChI is InChI=1S/2C6H7.Zn/c2*1-6-4-2-3-5-6;/h2*2,4H,3H2,1H3;. The van der Waals surface area contributed by atoms with Crippen LogP contribution in [0.2, 0.25) is 0 Å². The first-order valence-electron chi connectivity index (χ1n) is 4.97. The van der Waals surface area contributed by atoms with Crippen molar-refractivity contribution in [1.82, 2.24) is 0 Å². The molecule has 2 rings (SSSR count). The predicted molar refractivity (Wildman–Crippen MR) is 52.9 cm³/mol. The van der Waals surface area contributed by atoms with Gasteiger partial charge in [0.05, 0.1) is 0 Å². The van der Waals surface area contributed by atoms with Crippen LogP contribution in [-0.2, 0) is 17.1 Å². The normalized spacial score (nSPS) is 20.5. The Morgan fingerprint density at radius 2 is 1.38 bits per heavy atom. The molecule has 0 saturated carbocycles. The number of allylic oxidation sites excluding steroid dienone is 8. The summed E-state index contributed by atoms with van der Waals surface area (Å²) in [6, 6.07) is 0. The van der Waals surface area contributed by atoms with Gasteiger partial charge in [-0.15, -0.1) is 0 Å². The molecule has 0 nitrogen and oxygen atoms in total. The second kappa shape index (κ2) is 3.76. The molecule has 13 heavy (non-hydrogen) atoms. The second-order valence-electron chi connectivity index (χ2n) is 3.96. The van der Waals surface area contributed by atoms with Crippen LogP contribution in [0.15, 0.2) is 43.8 Å². The van der Waals surface area contributed by atoms with Crippen LogP contribution in [0.3, 0.4) is 0 Å². The topological polar surface area (TPSA) is 0 Å². The van der Waals surface area contributed by atoms with Crippen molar-refractivity contribution in [3.8, 4) is 0 Å². The van der Waals surface area contributed by atoms with Gasteiger partial charge in [-0.05, 0) is 0 Å². The maximum absolute atomic E-state index is 2.31. The van der Waals surface area contributed by atoms with Crippen molar-refractivity contribution in [3.63, 3.8) is 0 Å². The van der Waals surface area contributed by atoms with Gasteiger partial charge in [-0.3, -0.25) is 0 Å². The fourth-order valence-corrected chi connectivity index (χ4v) is 6.04. The van der Waals surface area contributed by atoms with Crippen molar-refractivity contribution < 1.29 is 17.1 Å². The second-order valence-corrected chi connectivity index (χ2v) is 8.29. The van der Waals surface area contributed by atoms with Gasteiger partial charge in [-0.2, -0.15) is 0 Å². The van der Waals surface area contributed by atoms with Crippen LogP contribution in [0.5, 0.6) is 0 Å². The number of rotatable bonds is 2. The summed E-state index contributed by atoms with van der Waals surface area (Å²) in [5, 5.41) is 0. The van der Waals surface area contributed by atoms with Crippen LogP contribution in [0.4, 0.5) is 0 Å². The summed E-state index contributed by atoms with van der Waals surface area (Å²) in [5.74, 6) is 0. The Morgan fingerprint density at radius 3 is 1.69 bits per heavy atom. The van der Waals surface area contributed by atoms with E-state index in [1.54, 1.807) is 19.5 Å². The molecule has 0 aromatic carbocycles. The van der Waals surface area contributed by atoms with E-state index in [0.717, 1.165) is 0 Å². The van der Waals surface area contributed by atoms with Crippen LogP contribution < -0.4 is 0 Å². The molecule has 0 N–H and O–H groups in total. The van der Waals surface area contributed by atoms with Crippen molar-refractivity contribution >= 4 is 0 Å². The van der Waals surface area contributed by atoms with Gasteiger partial charge in [-0.1, -0.05) is 0 Å². The van der Waals surface area contributed by atoms with Crippen LogP contribution in [-0.4, -0.2) is 0 Å². The Kier molecular flexibility index (Phi) is 2.64. The van der Waals surface area contributed by atoms with Crippen molar-refractivity contribution in [3.05, 3.63) is 43.8 Å². The first-order chi connectivity index (χ1) is 6.27. The average Bonchev–Trinajstić information content (AvgIpc) is 2.65. The molecule has 0 aromatic heterocycles. The molecular weight excluding hydrogens is 210 g/mol. The van der Waals surface area contributed by atoms with Crippen molar-refractivity contribution in [2.24, 2.45) is 0 Å². The first kappa shape index (κ1) is 9.15. The molecule has 2 aliphatic rings. The van der Waals surface area contributed by atoms with E-state index in [-0.39, 0.29) is 0 Å². The van der Waals surface area contributed by atoms with E-state index in [9.17, 15) is 0 Å².